The van der Waals surface area contributed by atoms with Gasteiger partial charge >= 0.3 is 0 Å². The van der Waals surface area contributed by atoms with Crippen LogP contribution in [0.15, 0.2) is 34.7 Å². The topological polar surface area (TPSA) is 25.2 Å². The van der Waals surface area contributed by atoms with Crippen molar-refractivity contribution in [2.24, 2.45) is 0 Å². The predicted octanol–water partition coefficient (Wildman–Crippen LogP) is 3.51. The zero-order valence-electron chi connectivity index (χ0n) is 10.9. The minimum atomic E-state index is 0.129. The standard InChI is InChI=1S/C15H19NO/c1-10-5-7-13(11(2)9-10)15(16-4)14-8-6-12(3)17-14/h5-9,15-16H,1-4H3. The fraction of sp³-hybridized carbons (Fsp3) is 0.333. The van der Waals surface area contributed by atoms with Gasteiger partial charge in [0.15, 0.2) is 0 Å². The van der Waals surface area contributed by atoms with E-state index in [1.165, 1.54) is 16.7 Å². The minimum absolute atomic E-state index is 0.129. The highest BCUT2D eigenvalue weighted by Crippen LogP contribution is 2.26. The van der Waals surface area contributed by atoms with Crippen LogP contribution in [0, 0.1) is 20.8 Å². The van der Waals surface area contributed by atoms with Crippen LogP contribution in [-0.2, 0) is 0 Å². The highest BCUT2D eigenvalue weighted by molar-refractivity contribution is 5.36. The molecule has 90 valence electrons. The number of hydrogen-bond donors (Lipinski definition) is 1. The highest BCUT2D eigenvalue weighted by Gasteiger charge is 2.17. The van der Waals surface area contributed by atoms with Crippen molar-refractivity contribution in [1.82, 2.24) is 5.32 Å². The lowest BCUT2D eigenvalue weighted by molar-refractivity contribution is 0.443. The number of furan rings is 1. The minimum Gasteiger partial charge on any atom is -0.464 e. The van der Waals surface area contributed by atoms with Crippen molar-refractivity contribution in [3.63, 3.8) is 0 Å². The summed E-state index contributed by atoms with van der Waals surface area (Å²) in [7, 11) is 1.96. The van der Waals surface area contributed by atoms with Gasteiger partial charge in [-0.3, -0.25) is 0 Å². The zero-order valence-corrected chi connectivity index (χ0v) is 10.9. The van der Waals surface area contributed by atoms with Gasteiger partial charge in [0.1, 0.15) is 11.5 Å². The van der Waals surface area contributed by atoms with Gasteiger partial charge in [0.05, 0.1) is 6.04 Å². The van der Waals surface area contributed by atoms with Gasteiger partial charge in [-0.05, 0) is 51.1 Å². The third kappa shape index (κ3) is 2.42. The Labute approximate surface area is 103 Å². The molecule has 2 rings (SSSR count). The second kappa shape index (κ2) is 4.76. The first-order valence-electron chi connectivity index (χ1n) is 5.92. The van der Waals surface area contributed by atoms with E-state index in [9.17, 15) is 0 Å². The Morgan fingerprint density at radius 1 is 1.06 bits per heavy atom. The smallest absolute Gasteiger partial charge is 0.125 e. The zero-order chi connectivity index (χ0) is 12.4. The van der Waals surface area contributed by atoms with Crippen molar-refractivity contribution in [3.05, 3.63) is 58.5 Å². The molecule has 1 aromatic carbocycles. The molecule has 1 atom stereocenters. The molecular formula is C15H19NO. The molecule has 17 heavy (non-hydrogen) atoms. The highest BCUT2D eigenvalue weighted by atomic mass is 16.3. The molecule has 2 nitrogen and oxygen atoms in total. The monoisotopic (exact) mass is 229 g/mol. The van der Waals surface area contributed by atoms with Gasteiger partial charge in [0.2, 0.25) is 0 Å². The van der Waals surface area contributed by atoms with E-state index in [2.05, 4.69) is 37.4 Å². The molecule has 0 radical (unpaired) electrons. The first kappa shape index (κ1) is 11.9. The summed E-state index contributed by atoms with van der Waals surface area (Å²) in [4.78, 5) is 0. The third-order valence-electron chi connectivity index (χ3n) is 3.07. The van der Waals surface area contributed by atoms with Crippen LogP contribution in [0.2, 0.25) is 0 Å². The molecular weight excluding hydrogens is 210 g/mol. The molecule has 0 saturated carbocycles. The molecule has 0 spiro atoms. The van der Waals surface area contributed by atoms with Crippen LogP contribution in [0.3, 0.4) is 0 Å². The number of aryl methyl sites for hydroxylation is 3. The van der Waals surface area contributed by atoms with Crippen molar-refractivity contribution in [2.75, 3.05) is 7.05 Å². The van der Waals surface area contributed by atoms with E-state index in [1.54, 1.807) is 0 Å². The van der Waals surface area contributed by atoms with Crippen LogP contribution in [0.5, 0.6) is 0 Å². The van der Waals surface area contributed by atoms with Gasteiger partial charge in [-0.1, -0.05) is 23.8 Å². The van der Waals surface area contributed by atoms with Gasteiger partial charge in [0, 0.05) is 0 Å². The van der Waals surface area contributed by atoms with E-state index >= 15 is 0 Å². The van der Waals surface area contributed by atoms with Gasteiger partial charge in [-0.25, -0.2) is 0 Å². The molecule has 0 amide bonds. The van der Waals surface area contributed by atoms with Crippen LogP contribution in [0.4, 0.5) is 0 Å². The maximum atomic E-state index is 5.71. The van der Waals surface area contributed by atoms with E-state index in [0.29, 0.717) is 0 Å². The van der Waals surface area contributed by atoms with E-state index in [-0.39, 0.29) is 6.04 Å². The van der Waals surface area contributed by atoms with Crippen LogP contribution < -0.4 is 5.32 Å². The molecule has 0 saturated heterocycles. The Balaban J connectivity index is 2.42. The second-order valence-electron chi connectivity index (χ2n) is 4.53. The molecule has 2 heteroatoms. The van der Waals surface area contributed by atoms with Crippen LogP contribution in [-0.4, -0.2) is 7.05 Å². The first-order chi connectivity index (χ1) is 8.11. The van der Waals surface area contributed by atoms with Gasteiger partial charge in [0.25, 0.3) is 0 Å². The summed E-state index contributed by atoms with van der Waals surface area (Å²) in [6, 6.07) is 10.7. The summed E-state index contributed by atoms with van der Waals surface area (Å²) in [5.41, 5.74) is 3.85. The summed E-state index contributed by atoms with van der Waals surface area (Å²) in [5, 5.41) is 3.31. The molecule has 1 unspecified atom stereocenters. The molecule has 0 fully saturated rings. The maximum Gasteiger partial charge on any atom is 0.125 e. The van der Waals surface area contributed by atoms with Gasteiger partial charge < -0.3 is 9.73 Å². The largest absolute Gasteiger partial charge is 0.464 e. The molecule has 1 aromatic heterocycles. The van der Waals surface area contributed by atoms with Crippen molar-refractivity contribution >= 4 is 0 Å². The molecule has 1 heterocycles. The Morgan fingerprint density at radius 2 is 1.82 bits per heavy atom. The Kier molecular flexibility index (Phi) is 3.34. The summed E-state index contributed by atoms with van der Waals surface area (Å²) < 4.78 is 5.71. The van der Waals surface area contributed by atoms with E-state index < -0.39 is 0 Å². The van der Waals surface area contributed by atoms with E-state index in [1.807, 2.05) is 26.1 Å². The summed E-state index contributed by atoms with van der Waals surface area (Å²) in [6.07, 6.45) is 0. The summed E-state index contributed by atoms with van der Waals surface area (Å²) in [6.45, 7) is 6.23. The van der Waals surface area contributed by atoms with Crippen molar-refractivity contribution in [3.8, 4) is 0 Å². The summed E-state index contributed by atoms with van der Waals surface area (Å²) >= 11 is 0. The van der Waals surface area contributed by atoms with Crippen molar-refractivity contribution < 1.29 is 4.42 Å². The number of hydrogen-bond acceptors (Lipinski definition) is 2. The van der Waals surface area contributed by atoms with Crippen LogP contribution in [0.1, 0.15) is 34.3 Å². The average molecular weight is 229 g/mol. The molecule has 1 N–H and O–H groups in total. The number of benzene rings is 1. The molecule has 0 aliphatic carbocycles. The maximum absolute atomic E-state index is 5.71. The van der Waals surface area contributed by atoms with E-state index in [0.717, 1.165) is 11.5 Å². The number of rotatable bonds is 3. The van der Waals surface area contributed by atoms with E-state index in [4.69, 9.17) is 4.42 Å². The lowest BCUT2D eigenvalue weighted by atomic mass is 9.98. The predicted molar refractivity (Wildman–Crippen MR) is 70.3 cm³/mol. The Morgan fingerprint density at radius 3 is 2.35 bits per heavy atom. The van der Waals surface area contributed by atoms with Crippen LogP contribution in [0.25, 0.3) is 0 Å². The van der Waals surface area contributed by atoms with Crippen LogP contribution >= 0.6 is 0 Å². The first-order valence-corrected chi connectivity index (χ1v) is 5.92. The molecule has 2 aromatic rings. The van der Waals surface area contributed by atoms with Crippen molar-refractivity contribution in [1.29, 1.82) is 0 Å². The van der Waals surface area contributed by atoms with Gasteiger partial charge in [-0.15, -0.1) is 0 Å². The quantitative estimate of drug-likeness (QED) is 0.871. The summed E-state index contributed by atoms with van der Waals surface area (Å²) in [5.74, 6) is 1.92. The third-order valence-corrected chi connectivity index (χ3v) is 3.07. The molecule has 0 aliphatic heterocycles. The lowest BCUT2D eigenvalue weighted by Gasteiger charge is -2.17. The Hall–Kier alpha value is -1.54. The molecule has 0 bridgehead atoms. The lowest BCUT2D eigenvalue weighted by Crippen LogP contribution is -2.18. The fourth-order valence-corrected chi connectivity index (χ4v) is 2.21. The SMILES string of the molecule is CNC(c1ccc(C)o1)c1ccc(C)cc1C. The fourth-order valence-electron chi connectivity index (χ4n) is 2.21. The molecule has 0 aliphatic rings. The average Bonchev–Trinajstić information content (AvgIpc) is 2.69. The Bertz CT molecular complexity index is 513. The van der Waals surface area contributed by atoms with Crippen molar-refractivity contribution in [2.45, 2.75) is 26.8 Å². The number of nitrogens with one attached hydrogen (secondary N) is 1. The second-order valence-corrected chi connectivity index (χ2v) is 4.53. The normalized spacial score (nSPS) is 12.7. The van der Waals surface area contributed by atoms with Gasteiger partial charge in [-0.2, -0.15) is 0 Å².